The highest BCUT2D eigenvalue weighted by Crippen LogP contribution is 2.24. The Balaban J connectivity index is 1.67. The molecule has 0 aromatic heterocycles. The van der Waals surface area contributed by atoms with Crippen LogP contribution >= 0.6 is 0 Å². The zero-order valence-electron chi connectivity index (χ0n) is 15.9. The smallest absolute Gasteiger partial charge is 0.227 e. The summed E-state index contributed by atoms with van der Waals surface area (Å²) in [6.07, 6.45) is 8.22. The molecule has 1 aromatic carbocycles. The Morgan fingerprint density at radius 3 is 2.96 bits per heavy atom. The number of ketones is 1. The van der Waals surface area contributed by atoms with Gasteiger partial charge < -0.3 is 9.80 Å². The van der Waals surface area contributed by atoms with Crippen molar-refractivity contribution in [3.8, 4) is 0 Å². The molecule has 0 N–H and O–H groups in total. The maximum Gasteiger partial charge on any atom is 0.227 e. The van der Waals surface area contributed by atoms with Crippen molar-refractivity contribution in [2.24, 2.45) is 0 Å². The molecule has 1 aliphatic carbocycles. The SMILES string of the molecule is C=CCN(C)C[C@@H]1CCCCN1C(=O)Cc1ccc2c(c1)CCCC2=O. The first kappa shape index (κ1) is 18.8. The minimum Gasteiger partial charge on any atom is -0.338 e. The largest absolute Gasteiger partial charge is 0.338 e. The van der Waals surface area contributed by atoms with Crippen molar-refractivity contribution in [2.75, 3.05) is 26.7 Å². The number of fused-ring (bicyclic) bond motifs is 1. The predicted molar refractivity (Wildman–Crippen MR) is 104 cm³/mol. The van der Waals surface area contributed by atoms with Crippen molar-refractivity contribution in [1.82, 2.24) is 9.80 Å². The second-order valence-electron chi connectivity index (χ2n) is 7.69. The van der Waals surface area contributed by atoms with E-state index in [0.717, 1.165) is 62.0 Å². The quantitative estimate of drug-likeness (QED) is 0.737. The number of carbonyl (C=O) groups excluding carboxylic acids is 2. The summed E-state index contributed by atoms with van der Waals surface area (Å²) in [6.45, 7) is 6.40. The van der Waals surface area contributed by atoms with Gasteiger partial charge >= 0.3 is 0 Å². The van der Waals surface area contributed by atoms with E-state index < -0.39 is 0 Å². The first-order chi connectivity index (χ1) is 12.6. The third-order valence-electron chi connectivity index (χ3n) is 5.59. The molecule has 0 radical (unpaired) electrons. The number of likely N-dealkylation sites (N-methyl/N-ethyl adjacent to an activating group) is 1. The average Bonchev–Trinajstić information content (AvgIpc) is 2.62. The topological polar surface area (TPSA) is 40.6 Å². The number of hydrogen-bond donors (Lipinski definition) is 0. The van der Waals surface area contributed by atoms with Crippen LogP contribution in [0.4, 0.5) is 0 Å². The van der Waals surface area contributed by atoms with Crippen LogP contribution in [0.2, 0.25) is 0 Å². The van der Waals surface area contributed by atoms with E-state index in [-0.39, 0.29) is 11.7 Å². The summed E-state index contributed by atoms with van der Waals surface area (Å²) in [4.78, 5) is 29.3. The van der Waals surface area contributed by atoms with Gasteiger partial charge in [0.2, 0.25) is 5.91 Å². The molecule has 0 unspecified atom stereocenters. The van der Waals surface area contributed by atoms with Gasteiger partial charge in [0, 0.05) is 37.7 Å². The molecule has 0 bridgehead atoms. The number of hydrogen-bond acceptors (Lipinski definition) is 3. The van der Waals surface area contributed by atoms with Crippen LogP contribution in [0.3, 0.4) is 0 Å². The lowest BCUT2D eigenvalue weighted by Gasteiger charge is -2.38. The Hall–Kier alpha value is -1.94. The highest BCUT2D eigenvalue weighted by Gasteiger charge is 2.27. The van der Waals surface area contributed by atoms with E-state index in [0.29, 0.717) is 18.9 Å². The number of amides is 1. The number of carbonyl (C=O) groups is 2. The fourth-order valence-corrected chi connectivity index (χ4v) is 4.26. The van der Waals surface area contributed by atoms with Crippen LogP contribution in [0.1, 0.15) is 53.6 Å². The summed E-state index contributed by atoms with van der Waals surface area (Å²) < 4.78 is 0. The number of piperidine rings is 1. The van der Waals surface area contributed by atoms with Crippen LogP contribution in [-0.2, 0) is 17.6 Å². The van der Waals surface area contributed by atoms with Gasteiger partial charge in [0.15, 0.2) is 5.78 Å². The highest BCUT2D eigenvalue weighted by molar-refractivity contribution is 5.98. The molecule has 0 spiro atoms. The summed E-state index contributed by atoms with van der Waals surface area (Å²) in [7, 11) is 2.08. The molecular formula is C22H30N2O2. The number of nitrogens with zero attached hydrogens (tertiary/aromatic N) is 2. The first-order valence-corrected chi connectivity index (χ1v) is 9.82. The number of aryl methyl sites for hydroxylation is 1. The summed E-state index contributed by atoms with van der Waals surface area (Å²) in [5, 5.41) is 0. The fraction of sp³-hybridized carbons (Fsp3) is 0.545. The fourth-order valence-electron chi connectivity index (χ4n) is 4.26. The molecule has 2 aliphatic rings. The monoisotopic (exact) mass is 354 g/mol. The summed E-state index contributed by atoms with van der Waals surface area (Å²) >= 11 is 0. The molecule has 4 heteroatoms. The molecule has 1 aromatic rings. The maximum atomic E-state index is 13.0. The van der Waals surface area contributed by atoms with Gasteiger partial charge in [-0.15, -0.1) is 6.58 Å². The molecule has 3 rings (SSSR count). The van der Waals surface area contributed by atoms with Crippen molar-refractivity contribution in [3.05, 3.63) is 47.5 Å². The van der Waals surface area contributed by atoms with Gasteiger partial charge in [0.25, 0.3) is 0 Å². The van der Waals surface area contributed by atoms with E-state index in [4.69, 9.17) is 0 Å². The zero-order valence-corrected chi connectivity index (χ0v) is 15.9. The summed E-state index contributed by atoms with van der Waals surface area (Å²) in [5.74, 6) is 0.453. The molecule has 1 saturated heterocycles. The first-order valence-electron chi connectivity index (χ1n) is 9.82. The van der Waals surface area contributed by atoms with E-state index in [1.54, 1.807) is 0 Å². The average molecular weight is 354 g/mol. The Labute approximate surface area is 156 Å². The van der Waals surface area contributed by atoms with Crippen LogP contribution in [0.5, 0.6) is 0 Å². The van der Waals surface area contributed by atoms with Gasteiger partial charge in [-0.25, -0.2) is 0 Å². The number of likely N-dealkylation sites (tertiary alicyclic amines) is 1. The normalized spacial score (nSPS) is 20.2. The van der Waals surface area contributed by atoms with E-state index in [1.807, 2.05) is 18.2 Å². The van der Waals surface area contributed by atoms with Crippen LogP contribution in [-0.4, -0.2) is 54.2 Å². The molecule has 1 amide bonds. The van der Waals surface area contributed by atoms with Crippen LogP contribution in [0.15, 0.2) is 30.9 Å². The minimum atomic E-state index is 0.212. The summed E-state index contributed by atoms with van der Waals surface area (Å²) in [6, 6.07) is 6.25. The van der Waals surface area contributed by atoms with Crippen LogP contribution in [0, 0.1) is 0 Å². The van der Waals surface area contributed by atoms with Gasteiger partial charge in [0.05, 0.1) is 6.42 Å². The molecule has 1 atom stereocenters. The Kier molecular flexibility index (Phi) is 6.25. The van der Waals surface area contributed by atoms with Crippen molar-refractivity contribution in [1.29, 1.82) is 0 Å². The molecule has 0 saturated carbocycles. The van der Waals surface area contributed by atoms with E-state index in [2.05, 4.69) is 29.5 Å². The third-order valence-corrected chi connectivity index (χ3v) is 5.59. The summed E-state index contributed by atoms with van der Waals surface area (Å²) in [5.41, 5.74) is 3.01. The Morgan fingerprint density at radius 1 is 1.31 bits per heavy atom. The van der Waals surface area contributed by atoms with E-state index in [1.165, 1.54) is 6.42 Å². The lowest BCUT2D eigenvalue weighted by atomic mass is 9.89. The van der Waals surface area contributed by atoms with Crippen molar-refractivity contribution in [3.63, 3.8) is 0 Å². The molecule has 26 heavy (non-hydrogen) atoms. The van der Waals surface area contributed by atoms with Gasteiger partial charge in [-0.2, -0.15) is 0 Å². The van der Waals surface area contributed by atoms with E-state index >= 15 is 0 Å². The molecule has 1 fully saturated rings. The molecule has 140 valence electrons. The lowest BCUT2D eigenvalue weighted by molar-refractivity contribution is -0.134. The lowest BCUT2D eigenvalue weighted by Crippen LogP contribution is -2.49. The Morgan fingerprint density at radius 2 is 2.15 bits per heavy atom. The molecule has 1 heterocycles. The van der Waals surface area contributed by atoms with Crippen LogP contribution in [0.25, 0.3) is 0 Å². The van der Waals surface area contributed by atoms with Gasteiger partial charge in [-0.1, -0.05) is 24.3 Å². The van der Waals surface area contributed by atoms with Crippen molar-refractivity contribution >= 4 is 11.7 Å². The number of benzene rings is 1. The maximum absolute atomic E-state index is 13.0. The minimum absolute atomic E-state index is 0.212. The standard InChI is InChI=1S/C22H30N2O2/c1-3-12-23(2)16-19-8-4-5-13-24(19)22(26)15-17-10-11-20-18(14-17)7-6-9-21(20)25/h3,10-11,14,19H,1,4-9,12-13,15-16H2,2H3/t19-/m0/s1. The van der Waals surface area contributed by atoms with Gasteiger partial charge in [-0.3, -0.25) is 9.59 Å². The molecule has 1 aliphatic heterocycles. The second kappa shape index (κ2) is 8.63. The van der Waals surface area contributed by atoms with E-state index in [9.17, 15) is 9.59 Å². The molecular weight excluding hydrogens is 324 g/mol. The van der Waals surface area contributed by atoms with Crippen molar-refractivity contribution < 1.29 is 9.59 Å². The zero-order chi connectivity index (χ0) is 18.5. The number of Topliss-reactive ketones (excluding diaryl/α,β-unsaturated/α-hetero) is 1. The predicted octanol–water partition coefficient (Wildman–Crippen LogP) is 3.25. The second-order valence-corrected chi connectivity index (χ2v) is 7.69. The third kappa shape index (κ3) is 4.42. The highest BCUT2D eigenvalue weighted by atomic mass is 16.2. The molecule has 4 nitrogen and oxygen atoms in total. The van der Waals surface area contributed by atoms with Gasteiger partial charge in [-0.05, 0) is 50.3 Å². The van der Waals surface area contributed by atoms with Gasteiger partial charge in [0.1, 0.15) is 0 Å². The number of rotatable bonds is 6. The van der Waals surface area contributed by atoms with Crippen molar-refractivity contribution in [2.45, 2.75) is 51.0 Å². The van der Waals surface area contributed by atoms with Crippen LogP contribution < -0.4 is 0 Å². The Bertz CT molecular complexity index is 683.